The van der Waals surface area contributed by atoms with Gasteiger partial charge in [0, 0.05) is 0 Å². The molecule has 0 spiro atoms. The van der Waals surface area contributed by atoms with Gasteiger partial charge in [0.1, 0.15) is 18.1 Å². The molecule has 2 aromatic rings. The molecule has 26 heavy (non-hydrogen) atoms. The van der Waals surface area contributed by atoms with Crippen molar-refractivity contribution in [3.05, 3.63) is 53.6 Å². The van der Waals surface area contributed by atoms with Crippen molar-refractivity contribution in [2.75, 3.05) is 13.7 Å². The molecule has 1 aliphatic heterocycles. The Bertz CT molecular complexity index is 860. The lowest BCUT2D eigenvalue weighted by Gasteiger charge is -2.26. The monoisotopic (exact) mass is 375 g/mol. The van der Waals surface area contributed by atoms with Crippen LogP contribution in [0.2, 0.25) is 0 Å². The van der Waals surface area contributed by atoms with E-state index in [1.807, 2.05) is 30.3 Å². The average molecular weight is 375 g/mol. The number of hydrogen-bond acceptors (Lipinski definition) is 4. The lowest BCUT2D eigenvalue weighted by molar-refractivity contribution is 0.253. The fraction of sp³-hybridized carbons (Fsp3) is 0.400. The minimum Gasteiger partial charge on any atom is -0.497 e. The van der Waals surface area contributed by atoms with Crippen LogP contribution >= 0.6 is 0 Å². The number of methoxy groups -OCH3 is 1. The maximum Gasteiger partial charge on any atom is 0.240 e. The maximum absolute atomic E-state index is 12.7. The van der Waals surface area contributed by atoms with E-state index in [2.05, 4.69) is 18.6 Å². The number of nitrogens with one attached hydrogen (secondary N) is 1. The van der Waals surface area contributed by atoms with Gasteiger partial charge in [-0.25, -0.2) is 13.1 Å². The van der Waals surface area contributed by atoms with Gasteiger partial charge >= 0.3 is 0 Å². The minimum atomic E-state index is -3.58. The zero-order valence-corrected chi connectivity index (χ0v) is 16.2. The lowest BCUT2D eigenvalue weighted by Crippen LogP contribution is -2.42. The third-order valence-electron chi connectivity index (χ3n) is 4.37. The topological polar surface area (TPSA) is 64.6 Å². The zero-order valence-electron chi connectivity index (χ0n) is 15.4. The van der Waals surface area contributed by atoms with Gasteiger partial charge in [-0.15, -0.1) is 0 Å². The van der Waals surface area contributed by atoms with Crippen molar-refractivity contribution in [3.8, 4) is 11.5 Å². The van der Waals surface area contributed by atoms with Crippen molar-refractivity contribution in [2.24, 2.45) is 5.92 Å². The molecule has 1 atom stereocenters. The quantitative estimate of drug-likeness (QED) is 0.842. The molecule has 3 rings (SSSR count). The van der Waals surface area contributed by atoms with Crippen molar-refractivity contribution in [2.45, 2.75) is 37.6 Å². The first-order valence-electron chi connectivity index (χ1n) is 8.78. The van der Waals surface area contributed by atoms with E-state index in [-0.39, 0.29) is 10.9 Å². The minimum absolute atomic E-state index is 0.279. The van der Waals surface area contributed by atoms with Gasteiger partial charge in [0.15, 0.2) is 0 Å². The number of sulfonamides is 1. The van der Waals surface area contributed by atoms with Crippen LogP contribution in [0, 0.1) is 5.92 Å². The largest absolute Gasteiger partial charge is 0.497 e. The van der Waals surface area contributed by atoms with Crippen molar-refractivity contribution >= 4 is 10.0 Å². The fourth-order valence-electron chi connectivity index (χ4n) is 3.14. The molecule has 1 aliphatic rings. The van der Waals surface area contributed by atoms with Gasteiger partial charge in [0.05, 0.1) is 18.0 Å². The molecule has 2 aromatic carbocycles. The van der Waals surface area contributed by atoms with Crippen molar-refractivity contribution in [1.29, 1.82) is 0 Å². The summed E-state index contributed by atoms with van der Waals surface area (Å²) in [5, 5.41) is 0. The molecule has 5 nitrogen and oxygen atoms in total. The number of ether oxygens (including phenoxy) is 2. The smallest absolute Gasteiger partial charge is 0.240 e. The predicted octanol–water partition coefficient (Wildman–Crippen LogP) is 3.18. The van der Waals surface area contributed by atoms with Gasteiger partial charge in [-0.3, -0.25) is 0 Å². The molecule has 140 valence electrons. The molecule has 0 radical (unpaired) electrons. The van der Waals surface area contributed by atoms with Crippen LogP contribution in [0.25, 0.3) is 0 Å². The number of benzene rings is 2. The van der Waals surface area contributed by atoms with E-state index in [4.69, 9.17) is 9.47 Å². The molecule has 0 amide bonds. The summed E-state index contributed by atoms with van der Waals surface area (Å²) in [4.78, 5) is 0.279. The summed E-state index contributed by atoms with van der Waals surface area (Å²) in [5.41, 5.74) is 2.08. The Kier molecular flexibility index (Phi) is 5.53. The normalized spacial score (nSPS) is 16.8. The van der Waals surface area contributed by atoms with Crippen LogP contribution in [0.3, 0.4) is 0 Å². The van der Waals surface area contributed by atoms with E-state index in [0.717, 1.165) is 29.0 Å². The molecule has 0 saturated heterocycles. The molecule has 1 heterocycles. The standard InChI is InChI=1S/C20H25NO4S/c1-14(2)10-15-4-7-19(8-5-15)26(22,23)21-17-11-16-12-18(24-3)6-9-20(16)25-13-17/h4-9,12,14,17,21H,10-11,13H2,1-3H3/t17-/m1/s1. The summed E-state index contributed by atoms with van der Waals surface area (Å²) in [7, 11) is -1.98. The SMILES string of the molecule is COc1ccc2c(c1)C[C@@H](NS(=O)(=O)c1ccc(CC(C)C)cc1)CO2. The first-order valence-corrected chi connectivity index (χ1v) is 10.3. The second-order valence-electron chi connectivity index (χ2n) is 7.05. The first-order chi connectivity index (χ1) is 12.4. The van der Waals surface area contributed by atoms with Crippen LogP contribution < -0.4 is 14.2 Å². The Morgan fingerprint density at radius 2 is 1.92 bits per heavy atom. The van der Waals surface area contributed by atoms with Crippen molar-refractivity contribution in [3.63, 3.8) is 0 Å². The second-order valence-corrected chi connectivity index (χ2v) is 8.76. The number of fused-ring (bicyclic) bond motifs is 1. The summed E-state index contributed by atoms with van der Waals surface area (Å²) < 4.78 is 39.0. The Labute approximate surface area is 155 Å². The zero-order chi connectivity index (χ0) is 18.7. The van der Waals surface area contributed by atoms with Crippen LogP contribution in [0.15, 0.2) is 47.4 Å². The molecule has 0 bridgehead atoms. The third kappa shape index (κ3) is 4.37. The molecule has 0 saturated carbocycles. The van der Waals surface area contributed by atoms with E-state index in [0.29, 0.717) is 18.9 Å². The van der Waals surface area contributed by atoms with E-state index in [1.54, 1.807) is 19.2 Å². The number of rotatable bonds is 6. The van der Waals surface area contributed by atoms with Crippen molar-refractivity contribution < 1.29 is 17.9 Å². The second kappa shape index (κ2) is 7.68. The highest BCUT2D eigenvalue weighted by molar-refractivity contribution is 7.89. The Morgan fingerprint density at radius 1 is 1.19 bits per heavy atom. The van der Waals surface area contributed by atoms with Gasteiger partial charge in [0.25, 0.3) is 0 Å². The summed E-state index contributed by atoms with van der Waals surface area (Å²) in [6.07, 6.45) is 1.50. The molecule has 0 aliphatic carbocycles. The Hall–Kier alpha value is -2.05. The molecular weight excluding hydrogens is 350 g/mol. The maximum atomic E-state index is 12.7. The predicted molar refractivity (Wildman–Crippen MR) is 101 cm³/mol. The van der Waals surface area contributed by atoms with E-state index in [1.165, 1.54) is 0 Å². The highest BCUT2D eigenvalue weighted by atomic mass is 32.2. The van der Waals surface area contributed by atoms with Gasteiger partial charge in [-0.05, 0) is 60.2 Å². The van der Waals surface area contributed by atoms with Gasteiger partial charge < -0.3 is 9.47 Å². The summed E-state index contributed by atoms with van der Waals surface area (Å²) in [5.74, 6) is 2.04. The Morgan fingerprint density at radius 3 is 2.58 bits per heavy atom. The van der Waals surface area contributed by atoms with Crippen LogP contribution in [0.5, 0.6) is 11.5 Å². The fourth-order valence-corrected chi connectivity index (χ4v) is 4.36. The van der Waals surface area contributed by atoms with E-state index >= 15 is 0 Å². The van der Waals surface area contributed by atoms with Gasteiger partial charge in [0.2, 0.25) is 10.0 Å². The molecule has 0 unspecified atom stereocenters. The van der Waals surface area contributed by atoms with E-state index in [9.17, 15) is 8.42 Å². The van der Waals surface area contributed by atoms with Crippen LogP contribution in [-0.2, 0) is 22.9 Å². The van der Waals surface area contributed by atoms with E-state index < -0.39 is 10.0 Å². The van der Waals surface area contributed by atoms with Gasteiger partial charge in [-0.2, -0.15) is 0 Å². The number of hydrogen-bond donors (Lipinski definition) is 1. The highest BCUT2D eigenvalue weighted by Gasteiger charge is 2.25. The van der Waals surface area contributed by atoms with Crippen molar-refractivity contribution in [1.82, 2.24) is 4.72 Å². The third-order valence-corrected chi connectivity index (χ3v) is 5.91. The van der Waals surface area contributed by atoms with Crippen LogP contribution in [0.1, 0.15) is 25.0 Å². The Balaban J connectivity index is 1.71. The molecule has 0 aromatic heterocycles. The van der Waals surface area contributed by atoms with Crippen LogP contribution in [0.4, 0.5) is 0 Å². The summed E-state index contributed by atoms with van der Waals surface area (Å²) in [6.45, 7) is 4.59. The molecule has 0 fully saturated rings. The summed E-state index contributed by atoms with van der Waals surface area (Å²) in [6, 6.07) is 12.4. The molecule has 1 N–H and O–H groups in total. The first kappa shape index (κ1) is 18.7. The van der Waals surface area contributed by atoms with Crippen LogP contribution in [-0.4, -0.2) is 28.2 Å². The highest BCUT2D eigenvalue weighted by Crippen LogP contribution is 2.29. The molecule has 6 heteroatoms. The van der Waals surface area contributed by atoms with Gasteiger partial charge in [-0.1, -0.05) is 26.0 Å². The lowest BCUT2D eigenvalue weighted by atomic mass is 10.0. The molecular formula is C20H25NO4S. The average Bonchev–Trinajstić information content (AvgIpc) is 2.60. The summed E-state index contributed by atoms with van der Waals surface area (Å²) >= 11 is 0.